The van der Waals surface area contributed by atoms with Crippen molar-refractivity contribution in [2.24, 2.45) is 0 Å². The van der Waals surface area contributed by atoms with Gasteiger partial charge in [-0.1, -0.05) is 0 Å². The molecule has 3 fully saturated rings. The minimum Gasteiger partial charge on any atom is -0.457 e. The van der Waals surface area contributed by atoms with Crippen LogP contribution in [0.1, 0.15) is 20.8 Å². The van der Waals surface area contributed by atoms with Crippen molar-refractivity contribution in [1.82, 2.24) is 0 Å². The summed E-state index contributed by atoms with van der Waals surface area (Å²) in [6.45, 7) is 5.14. The lowest BCUT2D eigenvalue weighted by molar-refractivity contribution is -0.226. The SMILES string of the molecule is CC(=O)OC1C(C2COC(=S)O2)OC2OC(C)(C)OC21. The standard InChI is InChI=1S/C12H16O7S/c1-5(13)15-8-7(6-4-14-11(20)16-6)17-10-9(8)18-12(2,3)19-10/h6-10H,4H2,1-3H3. The molecule has 0 aliphatic carbocycles. The van der Waals surface area contributed by atoms with Gasteiger partial charge in [0.05, 0.1) is 0 Å². The quantitative estimate of drug-likeness (QED) is 0.539. The van der Waals surface area contributed by atoms with Crippen LogP contribution in [0.15, 0.2) is 0 Å². The number of hydrogen-bond acceptors (Lipinski definition) is 8. The summed E-state index contributed by atoms with van der Waals surface area (Å²) >= 11 is 4.83. The Morgan fingerprint density at radius 3 is 2.70 bits per heavy atom. The topological polar surface area (TPSA) is 72.5 Å². The summed E-state index contributed by atoms with van der Waals surface area (Å²) in [5.74, 6) is -1.19. The predicted molar refractivity (Wildman–Crippen MR) is 67.7 cm³/mol. The maximum absolute atomic E-state index is 11.3. The molecule has 5 unspecified atom stereocenters. The van der Waals surface area contributed by atoms with Crippen molar-refractivity contribution in [2.75, 3.05) is 6.61 Å². The highest BCUT2D eigenvalue weighted by Gasteiger charge is 2.59. The number of fused-ring (bicyclic) bond motifs is 1. The minimum atomic E-state index is -0.777. The van der Waals surface area contributed by atoms with Gasteiger partial charge in [-0.05, 0) is 13.8 Å². The van der Waals surface area contributed by atoms with Crippen molar-refractivity contribution >= 4 is 23.4 Å². The lowest BCUT2D eigenvalue weighted by Gasteiger charge is -2.27. The molecule has 0 spiro atoms. The zero-order valence-electron chi connectivity index (χ0n) is 11.4. The summed E-state index contributed by atoms with van der Waals surface area (Å²) in [5, 5.41) is 0.0689. The van der Waals surface area contributed by atoms with E-state index >= 15 is 0 Å². The Kier molecular flexibility index (Phi) is 3.36. The van der Waals surface area contributed by atoms with E-state index in [1.165, 1.54) is 6.92 Å². The van der Waals surface area contributed by atoms with Crippen LogP contribution in [0.3, 0.4) is 0 Å². The Labute approximate surface area is 121 Å². The molecule has 0 radical (unpaired) electrons. The monoisotopic (exact) mass is 304 g/mol. The van der Waals surface area contributed by atoms with Gasteiger partial charge in [-0.25, -0.2) is 0 Å². The Morgan fingerprint density at radius 1 is 1.35 bits per heavy atom. The summed E-state index contributed by atoms with van der Waals surface area (Å²) in [5.41, 5.74) is 0. The van der Waals surface area contributed by atoms with Crippen molar-refractivity contribution in [1.29, 1.82) is 0 Å². The molecule has 0 N–H and O–H groups in total. The van der Waals surface area contributed by atoms with E-state index < -0.39 is 42.5 Å². The van der Waals surface area contributed by atoms with E-state index in [0.717, 1.165) is 0 Å². The first-order chi connectivity index (χ1) is 9.35. The van der Waals surface area contributed by atoms with Gasteiger partial charge in [-0.15, -0.1) is 0 Å². The highest BCUT2D eigenvalue weighted by Crippen LogP contribution is 2.40. The zero-order valence-corrected chi connectivity index (χ0v) is 12.2. The average molecular weight is 304 g/mol. The highest BCUT2D eigenvalue weighted by atomic mass is 32.1. The van der Waals surface area contributed by atoms with Crippen LogP contribution in [0.5, 0.6) is 0 Å². The Balaban J connectivity index is 1.78. The number of ether oxygens (including phenoxy) is 6. The summed E-state index contributed by atoms with van der Waals surface area (Å²) in [7, 11) is 0. The molecule has 0 bridgehead atoms. The van der Waals surface area contributed by atoms with Gasteiger partial charge in [-0.2, -0.15) is 0 Å². The van der Waals surface area contributed by atoms with Crippen LogP contribution in [0.25, 0.3) is 0 Å². The highest BCUT2D eigenvalue weighted by molar-refractivity contribution is 7.79. The summed E-state index contributed by atoms with van der Waals surface area (Å²) < 4.78 is 33.0. The molecule has 0 aromatic carbocycles. The first kappa shape index (κ1) is 14.0. The van der Waals surface area contributed by atoms with E-state index in [9.17, 15) is 4.79 Å². The van der Waals surface area contributed by atoms with Crippen molar-refractivity contribution < 1.29 is 33.2 Å². The van der Waals surface area contributed by atoms with Gasteiger partial charge in [0, 0.05) is 19.1 Å². The molecule has 20 heavy (non-hydrogen) atoms. The van der Waals surface area contributed by atoms with E-state index in [1.54, 1.807) is 13.8 Å². The molecule has 0 amide bonds. The van der Waals surface area contributed by atoms with E-state index in [4.69, 9.17) is 40.6 Å². The predicted octanol–water partition coefficient (Wildman–Crippen LogP) is 0.495. The second-order valence-electron chi connectivity index (χ2n) is 5.36. The van der Waals surface area contributed by atoms with Gasteiger partial charge in [0.25, 0.3) is 0 Å². The number of carbonyl (C=O) groups excluding carboxylic acids is 1. The number of hydrogen-bond donors (Lipinski definition) is 0. The number of thiocarbonyl (C=S) groups is 1. The Bertz CT molecular complexity index is 438. The van der Waals surface area contributed by atoms with Crippen LogP contribution in [-0.2, 0) is 33.2 Å². The minimum absolute atomic E-state index is 0.0689. The van der Waals surface area contributed by atoms with Crippen LogP contribution in [-0.4, -0.2) is 54.3 Å². The van der Waals surface area contributed by atoms with Crippen LogP contribution >= 0.6 is 12.2 Å². The number of esters is 1. The first-order valence-corrected chi connectivity index (χ1v) is 6.78. The molecule has 5 atom stereocenters. The number of carbonyl (C=O) groups is 1. The molecule has 0 aromatic rings. The van der Waals surface area contributed by atoms with Gasteiger partial charge in [0.2, 0.25) is 0 Å². The molecule has 3 aliphatic heterocycles. The van der Waals surface area contributed by atoms with Gasteiger partial charge < -0.3 is 28.4 Å². The number of rotatable bonds is 2. The second-order valence-corrected chi connectivity index (χ2v) is 5.69. The lowest BCUT2D eigenvalue weighted by atomic mass is 10.1. The lowest BCUT2D eigenvalue weighted by Crippen LogP contribution is -2.44. The van der Waals surface area contributed by atoms with Crippen molar-refractivity contribution in [3.63, 3.8) is 0 Å². The van der Waals surface area contributed by atoms with Gasteiger partial charge >= 0.3 is 11.2 Å². The van der Waals surface area contributed by atoms with Crippen molar-refractivity contribution in [3.8, 4) is 0 Å². The molecule has 3 saturated heterocycles. The maximum Gasteiger partial charge on any atom is 0.352 e. The summed E-state index contributed by atoms with van der Waals surface area (Å²) in [6, 6.07) is 0. The summed E-state index contributed by atoms with van der Waals surface area (Å²) in [6.07, 6.45) is -2.68. The molecule has 3 rings (SSSR count). The van der Waals surface area contributed by atoms with Crippen molar-refractivity contribution in [3.05, 3.63) is 0 Å². The third-order valence-electron chi connectivity index (χ3n) is 3.31. The van der Waals surface area contributed by atoms with Crippen LogP contribution in [0.2, 0.25) is 0 Å². The molecule has 7 nitrogen and oxygen atoms in total. The molecule has 0 saturated carbocycles. The van der Waals surface area contributed by atoms with Gasteiger partial charge in [0.1, 0.15) is 12.7 Å². The molecular weight excluding hydrogens is 288 g/mol. The fourth-order valence-electron chi connectivity index (χ4n) is 2.63. The van der Waals surface area contributed by atoms with Crippen LogP contribution in [0.4, 0.5) is 0 Å². The third-order valence-corrected chi connectivity index (χ3v) is 3.52. The van der Waals surface area contributed by atoms with Gasteiger partial charge in [0.15, 0.2) is 30.4 Å². The normalized spacial score (nSPS) is 42.0. The zero-order chi connectivity index (χ0) is 14.5. The molecule has 3 heterocycles. The molecule has 0 aromatic heterocycles. The molecule has 3 aliphatic rings. The molecule has 8 heteroatoms. The van der Waals surface area contributed by atoms with E-state index in [2.05, 4.69) is 0 Å². The second kappa shape index (κ2) is 4.80. The van der Waals surface area contributed by atoms with Crippen LogP contribution in [0, 0.1) is 0 Å². The van der Waals surface area contributed by atoms with E-state index in [1.807, 2.05) is 0 Å². The fraction of sp³-hybridized carbons (Fsp3) is 0.833. The maximum atomic E-state index is 11.3. The third kappa shape index (κ3) is 2.48. The average Bonchev–Trinajstić information content (AvgIpc) is 2.93. The molecular formula is C12H16O7S. The van der Waals surface area contributed by atoms with E-state index in [-0.39, 0.29) is 11.8 Å². The largest absolute Gasteiger partial charge is 0.457 e. The van der Waals surface area contributed by atoms with Crippen molar-refractivity contribution in [2.45, 2.75) is 57.3 Å². The fourth-order valence-corrected chi connectivity index (χ4v) is 2.82. The Hall–Kier alpha value is -0.960. The van der Waals surface area contributed by atoms with Crippen LogP contribution < -0.4 is 0 Å². The molecule has 112 valence electrons. The Morgan fingerprint density at radius 2 is 2.10 bits per heavy atom. The smallest absolute Gasteiger partial charge is 0.352 e. The first-order valence-electron chi connectivity index (χ1n) is 6.37. The van der Waals surface area contributed by atoms with E-state index in [0.29, 0.717) is 0 Å². The van der Waals surface area contributed by atoms with Gasteiger partial charge in [-0.3, -0.25) is 4.79 Å². The summed E-state index contributed by atoms with van der Waals surface area (Å²) in [4.78, 5) is 11.3.